The molecule has 2 saturated carbocycles. The maximum Gasteiger partial charge on any atom is -0.0143 e. The summed E-state index contributed by atoms with van der Waals surface area (Å²) >= 11 is 0. The first-order valence-electron chi connectivity index (χ1n) is 7.19. The number of rotatable bonds is 1. The van der Waals surface area contributed by atoms with E-state index in [0.717, 1.165) is 5.92 Å². The maximum atomic E-state index is 2.49. The summed E-state index contributed by atoms with van der Waals surface area (Å²) in [7, 11) is 0. The fourth-order valence-electron chi connectivity index (χ4n) is 4.13. The minimum Gasteiger partial charge on any atom is -0.0654 e. The van der Waals surface area contributed by atoms with Gasteiger partial charge in [-0.05, 0) is 48.5 Å². The fraction of sp³-hybridized carbons (Fsp3) is 0.556. The zero-order valence-corrected chi connectivity index (χ0v) is 12.1. The summed E-state index contributed by atoms with van der Waals surface area (Å²) in [6, 6.07) is 8.94. The van der Waals surface area contributed by atoms with Crippen LogP contribution in [0, 0.1) is 23.7 Å². The highest BCUT2D eigenvalue weighted by Gasteiger charge is 2.57. The molecule has 0 spiro atoms. The van der Waals surface area contributed by atoms with Gasteiger partial charge in [-0.25, -0.2) is 0 Å². The molecule has 2 bridgehead atoms. The molecule has 0 radical (unpaired) electrons. The largest absolute Gasteiger partial charge is 0.0654 e. The Bertz CT molecular complexity index is 487. The number of hydrogen-bond acceptors (Lipinski definition) is 0. The maximum absolute atomic E-state index is 2.49. The van der Waals surface area contributed by atoms with Crippen molar-refractivity contribution in [2.45, 2.75) is 47.0 Å². The Balaban J connectivity index is 1.94. The van der Waals surface area contributed by atoms with Gasteiger partial charge in [-0.2, -0.15) is 0 Å². The zero-order valence-electron chi connectivity index (χ0n) is 12.1. The fourth-order valence-corrected chi connectivity index (χ4v) is 4.13. The highest BCUT2D eigenvalue weighted by atomic mass is 14.6. The smallest absolute Gasteiger partial charge is 0.0143 e. The molecular formula is C18H24. The molecule has 0 aliphatic heterocycles. The lowest BCUT2D eigenvalue weighted by molar-refractivity contribution is 0.152. The van der Waals surface area contributed by atoms with Gasteiger partial charge in [0, 0.05) is 0 Å². The van der Waals surface area contributed by atoms with Crippen LogP contribution in [0.5, 0.6) is 0 Å². The van der Waals surface area contributed by atoms with E-state index in [4.69, 9.17) is 0 Å². The third-order valence-corrected chi connectivity index (χ3v) is 5.88. The monoisotopic (exact) mass is 240 g/mol. The van der Waals surface area contributed by atoms with E-state index in [9.17, 15) is 0 Å². The van der Waals surface area contributed by atoms with Crippen molar-refractivity contribution >= 4 is 6.08 Å². The van der Waals surface area contributed by atoms with Gasteiger partial charge in [-0.1, -0.05) is 62.2 Å². The molecule has 1 aromatic carbocycles. The van der Waals surface area contributed by atoms with E-state index in [1.807, 2.05) is 0 Å². The first kappa shape index (κ1) is 12.0. The standard InChI is InChI=1S/C18H24/c1-13-5-7-14(8-6-13)11-15-12-18(4)10-9-16(15)17(18,2)3/h5-8,11,16H,9-10,12H2,1-4H3/b15-11-. The molecule has 2 aliphatic carbocycles. The van der Waals surface area contributed by atoms with Gasteiger partial charge in [0.2, 0.25) is 0 Å². The van der Waals surface area contributed by atoms with E-state index in [2.05, 4.69) is 58.0 Å². The summed E-state index contributed by atoms with van der Waals surface area (Å²) in [5.41, 5.74) is 5.44. The van der Waals surface area contributed by atoms with E-state index in [0.29, 0.717) is 10.8 Å². The number of aryl methyl sites for hydroxylation is 1. The predicted molar refractivity (Wildman–Crippen MR) is 78.4 cm³/mol. The highest BCUT2D eigenvalue weighted by molar-refractivity contribution is 5.56. The van der Waals surface area contributed by atoms with E-state index in [1.165, 1.54) is 30.4 Å². The summed E-state index contributed by atoms with van der Waals surface area (Å²) in [5.74, 6) is 0.809. The van der Waals surface area contributed by atoms with Crippen LogP contribution < -0.4 is 0 Å². The van der Waals surface area contributed by atoms with Gasteiger partial charge in [0.05, 0.1) is 0 Å². The number of benzene rings is 1. The number of fused-ring (bicyclic) bond motifs is 2. The number of hydrogen-bond donors (Lipinski definition) is 0. The van der Waals surface area contributed by atoms with E-state index < -0.39 is 0 Å². The van der Waals surface area contributed by atoms with Crippen LogP contribution in [0.1, 0.15) is 51.2 Å². The molecule has 0 saturated heterocycles. The normalized spacial score (nSPS) is 35.3. The molecule has 0 N–H and O–H groups in total. The molecule has 0 heteroatoms. The average molecular weight is 240 g/mol. The second-order valence-corrected chi connectivity index (χ2v) is 7.18. The van der Waals surface area contributed by atoms with Gasteiger partial charge in [0.15, 0.2) is 0 Å². The molecular weight excluding hydrogens is 216 g/mol. The van der Waals surface area contributed by atoms with E-state index in [1.54, 1.807) is 5.57 Å². The Labute approximate surface area is 111 Å². The predicted octanol–water partition coefficient (Wildman–Crippen LogP) is 5.22. The van der Waals surface area contributed by atoms with Crippen LogP contribution in [0.3, 0.4) is 0 Å². The summed E-state index contributed by atoms with van der Waals surface area (Å²) in [5, 5.41) is 0. The molecule has 2 unspecified atom stereocenters. The second-order valence-electron chi connectivity index (χ2n) is 7.18. The lowest BCUT2D eigenvalue weighted by Gasteiger charge is -2.33. The molecule has 2 fully saturated rings. The first-order chi connectivity index (χ1) is 8.42. The second kappa shape index (κ2) is 3.73. The Kier molecular flexibility index (Phi) is 2.49. The van der Waals surface area contributed by atoms with Crippen LogP contribution in [0.25, 0.3) is 6.08 Å². The molecule has 3 rings (SSSR count). The van der Waals surface area contributed by atoms with Crippen LogP contribution >= 0.6 is 0 Å². The minimum atomic E-state index is 0.490. The van der Waals surface area contributed by atoms with Crippen molar-refractivity contribution in [3.8, 4) is 0 Å². The third kappa shape index (κ3) is 1.58. The van der Waals surface area contributed by atoms with Crippen LogP contribution in [0.4, 0.5) is 0 Å². The molecule has 0 heterocycles. The van der Waals surface area contributed by atoms with Crippen LogP contribution in [0.15, 0.2) is 29.8 Å². The summed E-state index contributed by atoms with van der Waals surface area (Å²) in [4.78, 5) is 0. The Morgan fingerprint density at radius 3 is 2.28 bits per heavy atom. The van der Waals surface area contributed by atoms with Gasteiger partial charge in [-0.15, -0.1) is 0 Å². The first-order valence-corrected chi connectivity index (χ1v) is 7.19. The Hall–Kier alpha value is -1.04. The molecule has 18 heavy (non-hydrogen) atoms. The molecule has 2 aliphatic rings. The summed E-state index contributed by atoms with van der Waals surface area (Å²) in [6.07, 6.45) is 6.56. The molecule has 0 amide bonds. The van der Waals surface area contributed by atoms with E-state index >= 15 is 0 Å². The topological polar surface area (TPSA) is 0 Å². The molecule has 2 atom stereocenters. The van der Waals surface area contributed by atoms with Crippen LogP contribution in [0.2, 0.25) is 0 Å². The quantitative estimate of drug-likeness (QED) is 0.631. The molecule has 1 aromatic rings. The van der Waals surface area contributed by atoms with Crippen LogP contribution in [-0.2, 0) is 0 Å². The molecule has 0 nitrogen and oxygen atoms in total. The van der Waals surface area contributed by atoms with E-state index in [-0.39, 0.29) is 0 Å². The minimum absolute atomic E-state index is 0.490. The summed E-state index contributed by atoms with van der Waals surface area (Å²) < 4.78 is 0. The summed E-state index contributed by atoms with van der Waals surface area (Å²) in [6.45, 7) is 9.59. The lowest BCUT2D eigenvalue weighted by atomic mass is 9.71. The van der Waals surface area contributed by atoms with Gasteiger partial charge < -0.3 is 0 Å². The van der Waals surface area contributed by atoms with Crippen molar-refractivity contribution in [3.05, 3.63) is 41.0 Å². The van der Waals surface area contributed by atoms with Crippen molar-refractivity contribution in [3.63, 3.8) is 0 Å². The lowest BCUT2D eigenvalue weighted by Crippen LogP contribution is -2.26. The van der Waals surface area contributed by atoms with Gasteiger partial charge in [0.1, 0.15) is 0 Å². The van der Waals surface area contributed by atoms with Crippen molar-refractivity contribution in [2.24, 2.45) is 16.7 Å². The average Bonchev–Trinajstić information content (AvgIpc) is 2.63. The highest BCUT2D eigenvalue weighted by Crippen LogP contribution is 2.67. The third-order valence-electron chi connectivity index (χ3n) is 5.88. The van der Waals surface area contributed by atoms with Gasteiger partial charge in [0.25, 0.3) is 0 Å². The van der Waals surface area contributed by atoms with Gasteiger partial charge in [-0.3, -0.25) is 0 Å². The van der Waals surface area contributed by atoms with Crippen molar-refractivity contribution < 1.29 is 0 Å². The number of allylic oxidation sites excluding steroid dienone is 1. The van der Waals surface area contributed by atoms with Crippen molar-refractivity contribution in [1.29, 1.82) is 0 Å². The SMILES string of the molecule is Cc1ccc(/C=C2/CC3(C)CCC2C3(C)C)cc1. The molecule has 96 valence electrons. The van der Waals surface area contributed by atoms with Crippen molar-refractivity contribution in [1.82, 2.24) is 0 Å². The Morgan fingerprint density at radius 1 is 1.11 bits per heavy atom. The zero-order chi connectivity index (χ0) is 13.0. The van der Waals surface area contributed by atoms with Crippen LogP contribution in [-0.4, -0.2) is 0 Å². The van der Waals surface area contributed by atoms with Crippen molar-refractivity contribution in [2.75, 3.05) is 0 Å². The Morgan fingerprint density at radius 2 is 1.78 bits per heavy atom. The van der Waals surface area contributed by atoms with Gasteiger partial charge >= 0.3 is 0 Å². The molecule has 0 aromatic heterocycles.